The SMILES string of the molecule is Cn1cc(NC(=O)c2cc(F)cc(-c3ccc(CN4CCNCC4)cc3)c2)cn1. The van der Waals surface area contributed by atoms with Gasteiger partial charge < -0.3 is 10.6 Å². The molecule has 2 heterocycles. The van der Waals surface area contributed by atoms with Gasteiger partial charge in [-0.25, -0.2) is 4.39 Å². The molecule has 29 heavy (non-hydrogen) atoms. The average molecular weight is 393 g/mol. The Labute approximate surface area is 169 Å². The molecular formula is C22H24FN5O. The van der Waals surface area contributed by atoms with Crippen LogP contribution in [-0.2, 0) is 13.6 Å². The molecule has 6 nitrogen and oxygen atoms in total. The largest absolute Gasteiger partial charge is 0.319 e. The third-order valence-electron chi connectivity index (χ3n) is 5.03. The maximum Gasteiger partial charge on any atom is 0.255 e. The molecule has 1 aromatic heterocycles. The molecule has 3 aromatic rings. The molecule has 0 spiro atoms. The van der Waals surface area contributed by atoms with Crippen molar-refractivity contribution in [3.63, 3.8) is 0 Å². The van der Waals surface area contributed by atoms with Crippen molar-refractivity contribution in [2.45, 2.75) is 6.54 Å². The lowest BCUT2D eigenvalue weighted by Gasteiger charge is -2.27. The summed E-state index contributed by atoms with van der Waals surface area (Å²) in [6, 6.07) is 12.5. The van der Waals surface area contributed by atoms with E-state index in [0.717, 1.165) is 38.3 Å². The van der Waals surface area contributed by atoms with Gasteiger partial charge in [-0.1, -0.05) is 24.3 Å². The van der Waals surface area contributed by atoms with Crippen molar-refractivity contribution in [2.24, 2.45) is 7.05 Å². The first kappa shape index (κ1) is 19.3. The van der Waals surface area contributed by atoms with Crippen molar-refractivity contribution in [3.8, 4) is 11.1 Å². The Bertz CT molecular complexity index is 993. The van der Waals surface area contributed by atoms with E-state index in [1.165, 1.54) is 17.7 Å². The maximum absolute atomic E-state index is 14.2. The summed E-state index contributed by atoms with van der Waals surface area (Å²) in [6.07, 6.45) is 3.24. The van der Waals surface area contributed by atoms with E-state index in [9.17, 15) is 9.18 Å². The molecule has 0 radical (unpaired) electrons. The number of piperazine rings is 1. The number of amides is 1. The van der Waals surface area contributed by atoms with Gasteiger partial charge in [0.25, 0.3) is 5.91 Å². The Hall–Kier alpha value is -3.03. The molecule has 1 fully saturated rings. The fourth-order valence-corrected chi connectivity index (χ4v) is 3.51. The number of hydrogen-bond donors (Lipinski definition) is 2. The summed E-state index contributed by atoms with van der Waals surface area (Å²) in [4.78, 5) is 14.9. The number of benzene rings is 2. The molecule has 150 valence electrons. The van der Waals surface area contributed by atoms with E-state index in [0.29, 0.717) is 11.3 Å². The molecule has 1 saturated heterocycles. The molecule has 0 unspecified atom stereocenters. The van der Waals surface area contributed by atoms with E-state index in [-0.39, 0.29) is 11.5 Å². The van der Waals surface area contributed by atoms with Gasteiger partial charge >= 0.3 is 0 Å². The second-order valence-corrected chi connectivity index (χ2v) is 7.31. The number of carbonyl (C=O) groups excluding carboxylic acids is 1. The van der Waals surface area contributed by atoms with Crippen LogP contribution in [0.25, 0.3) is 11.1 Å². The first-order valence-corrected chi connectivity index (χ1v) is 9.70. The second-order valence-electron chi connectivity index (χ2n) is 7.31. The molecule has 1 aliphatic heterocycles. The molecule has 2 N–H and O–H groups in total. The number of aryl methyl sites for hydroxylation is 1. The Kier molecular flexibility index (Phi) is 5.69. The number of aromatic nitrogens is 2. The lowest BCUT2D eigenvalue weighted by atomic mass is 10.0. The highest BCUT2D eigenvalue weighted by Gasteiger charge is 2.13. The van der Waals surface area contributed by atoms with E-state index in [4.69, 9.17) is 0 Å². The number of anilines is 1. The van der Waals surface area contributed by atoms with Gasteiger partial charge in [-0.05, 0) is 34.9 Å². The number of carbonyl (C=O) groups is 1. The van der Waals surface area contributed by atoms with Crippen molar-refractivity contribution in [1.82, 2.24) is 20.0 Å². The highest BCUT2D eigenvalue weighted by atomic mass is 19.1. The van der Waals surface area contributed by atoms with Gasteiger partial charge in [-0.15, -0.1) is 0 Å². The van der Waals surface area contributed by atoms with Crippen LogP contribution in [0.1, 0.15) is 15.9 Å². The van der Waals surface area contributed by atoms with Crippen molar-refractivity contribution in [1.29, 1.82) is 0 Å². The Morgan fingerprint density at radius 1 is 1.14 bits per heavy atom. The molecule has 0 bridgehead atoms. The lowest BCUT2D eigenvalue weighted by molar-refractivity contribution is 0.102. The summed E-state index contributed by atoms with van der Waals surface area (Å²) < 4.78 is 15.8. The van der Waals surface area contributed by atoms with Gasteiger partial charge in [0, 0.05) is 51.5 Å². The molecule has 4 rings (SSSR count). The van der Waals surface area contributed by atoms with Gasteiger partial charge in [0.15, 0.2) is 0 Å². The van der Waals surface area contributed by atoms with Crippen molar-refractivity contribution >= 4 is 11.6 Å². The highest BCUT2D eigenvalue weighted by molar-refractivity contribution is 6.04. The van der Waals surface area contributed by atoms with Crippen LogP contribution in [0.4, 0.5) is 10.1 Å². The fourth-order valence-electron chi connectivity index (χ4n) is 3.51. The summed E-state index contributed by atoms with van der Waals surface area (Å²) in [6.45, 7) is 5.03. The minimum atomic E-state index is -0.441. The maximum atomic E-state index is 14.2. The van der Waals surface area contributed by atoms with Crippen LogP contribution in [0, 0.1) is 5.82 Å². The number of halogens is 1. The molecule has 0 atom stereocenters. The van der Waals surface area contributed by atoms with Crippen LogP contribution < -0.4 is 10.6 Å². The van der Waals surface area contributed by atoms with Crippen LogP contribution in [-0.4, -0.2) is 46.8 Å². The highest BCUT2D eigenvalue weighted by Crippen LogP contribution is 2.24. The monoisotopic (exact) mass is 393 g/mol. The van der Waals surface area contributed by atoms with Crippen LogP contribution in [0.5, 0.6) is 0 Å². The second kappa shape index (κ2) is 8.55. The number of rotatable bonds is 5. The lowest BCUT2D eigenvalue weighted by Crippen LogP contribution is -2.42. The number of hydrogen-bond acceptors (Lipinski definition) is 4. The molecule has 7 heteroatoms. The molecular weight excluding hydrogens is 369 g/mol. The molecule has 2 aromatic carbocycles. The molecule has 0 aliphatic carbocycles. The summed E-state index contributed by atoms with van der Waals surface area (Å²) in [5, 5.41) is 10.1. The van der Waals surface area contributed by atoms with Gasteiger partial charge in [-0.3, -0.25) is 14.4 Å². The van der Waals surface area contributed by atoms with E-state index in [2.05, 4.69) is 32.8 Å². The van der Waals surface area contributed by atoms with Crippen molar-refractivity contribution in [3.05, 3.63) is 71.8 Å². The van der Waals surface area contributed by atoms with E-state index >= 15 is 0 Å². The van der Waals surface area contributed by atoms with Crippen molar-refractivity contribution < 1.29 is 9.18 Å². The van der Waals surface area contributed by atoms with E-state index in [1.807, 2.05) is 12.1 Å². The van der Waals surface area contributed by atoms with E-state index < -0.39 is 5.82 Å². The van der Waals surface area contributed by atoms with Gasteiger partial charge in [-0.2, -0.15) is 5.10 Å². The summed E-state index contributed by atoms with van der Waals surface area (Å²) >= 11 is 0. The zero-order chi connectivity index (χ0) is 20.2. The quantitative estimate of drug-likeness (QED) is 0.700. The standard InChI is InChI=1S/C22H24FN5O/c1-27-15-21(13-25-27)26-22(29)19-10-18(11-20(23)12-19)17-4-2-16(3-5-17)14-28-8-6-24-7-9-28/h2-5,10-13,15,24H,6-9,14H2,1H3,(H,26,29). The van der Waals surface area contributed by atoms with Gasteiger partial charge in [0.1, 0.15) is 5.82 Å². The third-order valence-corrected chi connectivity index (χ3v) is 5.03. The average Bonchev–Trinajstić information content (AvgIpc) is 3.13. The van der Waals surface area contributed by atoms with Crippen LogP contribution in [0.15, 0.2) is 54.9 Å². The van der Waals surface area contributed by atoms with Gasteiger partial charge in [0.05, 0.1) is 11.9 Å². The number of nitrogens with zero attached hydrogens (tertiary/aromatic N) is 3. The minimum absolute atomic E-state index is 0.272. The predicted molar refractivity (Wildman–Crippen MR) is 111 cm³/mol. The van der Waals surface area contributed by atoms with Gasteiger partial charge in [0.2, 0.25) is 0 Å². The zero-order valence-corrected chi connectivity index (χ0v) is 16.4. The molecule has 1 amide bonds. The van der Waals surface area contributed by atoms with E-state index in [1.54, 1.807) is 30.2 Å². The normalized spacial score (nSPS) is 14.7. The summed E-state index contributed by atoms with van der Waals surface area (Å²) in [5.74, 6) is -0.808. The fraction of sp³-hybridized carbons (Fsp3) is 0.273. The van der Waals surface area contributed by atoms with Crippen LogP contribution in [0.3, 0.4) is 0 Å². The zero-order valence-electron chi connectivity index (χ0n) is 16.4. The Morgan fingerprint density at radius 2 is 1.90 bits per heavy atom. The van der Waals surface area contributed by atoms with Crippen LogP contribution >= 0.6 is 0 Å². The Balaban J connectivity index is 1.49. The topological polar surface area (TPSA) is 62.2 Å². The first-order chi connectivity index (χ1) is 14.1. The smallest absolute Gasteiger partial charge is 0.255 e. The summed E-state index contributed by atoms with van der Waals surface area (Å²) in [5.41, 5.74) is 3.62. The minimum Gasteiger partial charge on any atom is -0.319 e. The predicted octanol–water partition coefficient (Wildman–Crippen LogP) is 2.88. The van der Waals surface area contributed by atoms with Crippen LogP contribution in [0.2, 0.25) is 0 Å². The first-order valence-electron chi connectivity index (χ1n) is 9.70. The van der Waals surface area contributed by atoms with Crippen molar-refractivity contribution in [2.75, 3.05) is 31.5 Å². The number of nitrogens with one attached hydrogen (secondary N) is 2. The molecule has 1 aliphatic rings. The Morgan fingerprint density at radius 3 is 2.59 bits per heavy atom. The third kappa shape index (κ3) is 4.88. The summed E-state index contributed by atoms with van der Waals surface area (Å²) in [7, 11) is 1.77. The molecule has 0 saturated carbocycles.